The van der Waals surface area contributed by atoms with Crippen molar-refractivity contribution in [2.24, 2.45) is 16.7 Å². The largest absolute Gasteiger partial charge is 0.0742 e. The Hall–Kier alpha value is -1.04. The Kier molecular flexibility index (Phi) is 4.42. The minimum atomic E-state index is 0.206. The molecule has 2 rings (SSSR count). The van der Waals surface area contributed by atoms with Crippen molar-refractivity contribution >= 4 is 0 Å². The Labute approximate surface area is 125 Å². The van der Waals surface area contributed by atoms with Crippen LogP contribution < -0.4 is 0 Å². The van der Waals surface area contributed by atoms with Gasteiger partial charge in [-0.3, -0.25) is 0 Å². The number of unbranched alkanes of at least 4 members (excludes halogenated alkanes) is 2. The van der Waals surface area contributed by atoms with E-state index in [1.165, 1.54) is 36.8 Å². The molecular formula is C20H30. The molecule has 0 aromatic heterocycles. The van der Waals surface area contributed by atoms with E-state index in [0.29, 0.717) is 5.92 Å². The van der Waals surface area contributed by atoms with Crippen LogP contribution in [0.4, 0.5) is 0 Å². The van der Waals surface area contributed by atoms with Crippen LogP contribution in [0.5, 0.6) is 0 Å². The van der Waals surface area contributed by atoms with Crippen LogP contribution in [-0.2, 0) is 0 Å². The van der Waals surface area contributed by atoms with Gasteiger partial charge in [-0.2, -0.15) is 0 Å². The fourth-order valence-electron chi connectivity index (χ4n) is 4.12. The first kappa shape index (κ1) is 15.4. The SMILES string of the molecule is CCCCCC(C1(C)C=CC(C)=C1)C1(C)C=CC(C)=C1. The molecule has 20 heavy (non-hydrogen) atoms. The van der Waals surface area contributed by atoms with Gasteiger partial charge in [0.1, 0.15) is 0 Å². The minimum absolute atomic E-state index is 0.206. The lowest BCUT2D eigenvalue weighted by molar-refractivity contribution is 0.186. The van der Waals surface area contributed by atoms with E-state index in [2.05, 4.69) is 71.1 Å². The molecule has 2 unspecified atom stereocenters. The Morgan fingerprint density at radius 2 is 1.40 bits per heavy atom. The van der Waals surface area contributed by atoms with E-state index in [1.54, 1.807) is 0 Å². The van der Waals surface area contributed by atoms with Crippen molar-refractivity contribution in [3.05, 3.63) is 47.6 Å². The van der Waals surface area contributed by atoms with Crippen LogP contribution in [0.3, 0.4) is 0 Å². The maximum atomic E-state index is 2.48. The van der Waals surface area contributed by atoms with Crippen LogP contribution in [-0.4, -0.2) is 0 Å². The van der Waals surface area contributed by atoms with Crippen molar-refractivity contribution in [3.63, 3.8) is 0 Å². The smallest absolute Gasteiger partial charge is 0.00809 e. The molecule has 0 amide bonds. The number of allylic oxidation sites excluding steroid dienone is 8. The van der Waals surface area contributed by atoms with E-state index < -0.39 is 0 Å². The van der Waals surface area contributed by atoms with Gasteiger partial charge in [0.15, 0.2) is 0 Å². The van der Waals surface area contributed by atoms with Crippen molar-refractivity contribution in [2.45, 2.75) is 60.3 Å². The lowest BCUT2D eigenvalue weighted by Crippen LogP contribution is -2.34. The highest BCUT2D eigenvalue weighted by Crippen LogP contribution is 2.51. The highest BCUT2D eigenvalue weighted by atomic mass is 14.5. The zero-order valence-electron chi connectivity index (χ0n) is 13.9. The van der Waals surface area contributed by atoms with Crippen LogP contribution in [0.15, 0.2) is 47.6 Å². The number of hydrogen-bond donors (Lipinski definition) is 0. The summed E-state index contributed by atoms with van der Waals surface area (Å²) in [7, 11) is 0. The number of rotatable bonds is 6. The van der Waals surface area contributed by atoms with Gasteiger partial charge in [-0.15, -0.1) is 0 Å². The molecule has 0 nitrogen and oxygen atoms in total. The monoisotopic (exact) mass is 270 g/mol. The Balaban J connectivity index is 2.27. The molecule has 0 aliphatic heterocycles. The molecule has 2 atom stereocenters. The van der Waals surface area contributed by atoms with Crippen molar-refractivity contribution < 1.29 is 0 Å². The summed E-state index contributed by atoms with van der Waals surface area (Å²) in [5.41, 5.74) is 3.24. The first-order chi connectivity index (χ1) is 9.39. The van der Waals surface area contributed by atoms with E-state index in [4.69, 9.17) is 0 Å². The lowest BCUT2D eigenvalue weighted by atomic mass is 9.62. The van der Waals surface area contributed by atoms with E-state index in [9.17, 15) is 0 Å². The van der Waals surface area contributed by atoms with Gasteiger partial charge >= 0.3 is 0 Å². The molecule has 0 heteroatoms. The summed E-state index contributed by atoms with van der Waals surface area (Å²) < 4.78 is 0. The molecule has 0 heterocycles. The molecule has 0 radical (unpaired) electrons. The molecule has 110 valence electrons. The van der Waals surface area contributed by atoms with Gasteiger partial charge in [0, 0.05) is 10.8 Å². The van der Waals surface area contributed by atoms with Gasteiger partial charge in [-0.05, 0) is 26.2 Å². The summed E-state index contributed by atoms with van der Waals surface area (Å²) in [4.78, 5) is 0. The lowest BCUT2D eigenvalue weighted by Gasteiger charge is -2.41. The van der Waals surface area contributed by atoms with E-state index in [1.807, 2.05) is 0 Å². The molecule has 0 bridgehead atoms. The fraction of sp³-hybridized carbons (Fsp3) is 0.600. The van der Waals surface area contributed by atoms with Gasteiger partial charge in [-0.1, -0.05) is 87.6 Å². The van der Waals surface area contributed by atoms with Crippen molar-refractivity contribution in [1.29, 1.82) is 0 Å². The minimum Gasteiger partial charge on any atom is -0.0742 e. The Morgan fingerprint density at radius 1 is 0.900 bits per heavy atom. The highest BCUT2D eigenvalue weighted by molar-refractivity contribution is 5.38. The summed E-state index contributed by atoms with van der Waals surface area (Å²) in [6.45, 7) is 11.6. The maximum absolute atomic E-state index is 2.48. The summed E-state index contributed by atoms with van der Waals surface area (Å²) in [6.07, 6.45) is 19.7. The predicted octanol–water partition coefficient (Wildman–Crippen LogP) is 6.23. The first-order valence-corrected chi connectivity index (χ1v) is 8.17. The van der Waals surface area contributed by atoms with Crippen LogP contribution in [0.2, 0.25) is 0 Å². The van der Waals surface area contributed by atoms with Crippen LogP contribution in [0, 0.1) is 16.7 Å². The van der Waals surface area contributed by atoms with Crippen molar-refractivity contribution in [2.75, 3.05) is 0 Å². The average molecular weight is 270 g/mol. The van der Waals surface area contributed by atoms with Crippen LogP contribution >= 0.6 is 0 Å². The second kappa shape index (κ2) is 5.76. The molecule has 0 spiro atoms. The summed E-state index contributed by atoms with van der Waals surface area (Å²) in [5, 5.41) is 0. The molecule has 0 aromatic rings. The van der Waals surface area contributed by atoms with E-state index in [-0.39, 0.29) is 10.8 Å². The average Bonchev–Trinajstić information content (AvgIpc) is 2.89. The highest BCUT2D eigenvalue weighted by Gasteiger charge is 2.42. The first-order valence-electron chi connectivity index (χ1n) is 8.17. The van der Waals surface area contributed by atoms with E-state index >= 15 is 0 Å². The standard InChI is InChI=1S/C20H30/c1-6-7-8-9-18(19(4)12-10-16(2)14-19)20(5)13-11-17(3)15-20/h10-15,18H,6-9H2,1-5H3. The van der Waals surface area contributed by atoms with Gasteiger partial charge in [0.25, 0.3) is 0 Å². The van der Waals surface area contributed by atoms with Gasteiger partial charge < -0.3 is 0 Å². The Bertz CT molecular complexity index is 434. The number of hydrogen-bond acceptors (Lipinski definition) is 0. The summed E-state index contributed by atoms with van der Waals surface area (Å²) in [5.74, 6) is 0.656. The van der Waals surface area contributed by atoms with Crippen LogP contribution in [0.25, 0.3) is 0 Å². The molecular weight excluding hydrogens is 240 g/mol. The summed E-state index contributed by atoms with van der Waals surface area (Å²) >= 11 is 0. The van der Waals surface area contributed by atoms with Crippen molar-refractivity contribution in [1.82, 2.24) is 0 Å². The molecule has 0 saturated carbocycles. The Morgan fingerprint density at radius 3 is 1.75 bits per heavy atom. The topological polar surface area (TPSA) is 0 Å². The van der Waals surface area contributed by atoms with E-state index in [0.717, 1.165) is 0 Å². The quantitative estimate of drug-likeness (QED) is 0.502. The second-order valence-corrected chi connectivity index (χ2v) is 7.22. The zero-order valence-corrected chi connectivity index (χ0v) is 13.9. The third kappa shape index (κ3) is 3.00. The van der Waals surface area contributed by atoms with Crippen LogP contribution in [0.1, 0.15) is 60.3 Å². The van der Waals surface area contributed by atoms with Gasteiger partial charge in [0.05, 0.1) is 0 Å². The zero-order chi connectivity index (χ0) is 14.8. The molecule has 0 saturated heterocycles. The van der Waals surface area contributed by atoms with Gasteiger partial charge in [0.2, 0.25) is 0 Å². The molecule has 2 aliphatic rings. The van der Waals surface area contributed by atoms with Crippen molar-refractivity contribution in [3.8, 4) is 0 Å². The summed E-state index contributed by atoms with van der Waals surface area (Å²) in [6, 6.07) is 0. The predicted molar refractivity (Wildman–Crippen MR) is 89.6 cm³/mol. The normalized spacial score (nSPS) is 33.5. The molecule has 0 fully saturated rings. The third-order valence-electron chi connectivity index (χ3n) is 5.09. The molecule has 2 aliphatic carbocycles. The molecule has 0 aromatic carbocycles. The molecule has 0 N–H and O–H groups in total. The maximum Gasteiger partial charge on any atom is 0.00809 e. The second-order valence-electron chi connectivity index (χ2n) is 7.22. The fourth-order valence-corrected chi connectivity index (χ4v) is 4.12. The third-order valence-corrected chi connectivity index (χ3v) is 5.09. The van der Waals surface area contributed by atoms with Gasteiger partial charge in [-0.25, -0.2) is 0 Å².